The molecule has 0 saturated heterocycles. The molecule has 0 aliphatic rings. The molecule has 0 spiro atoms. The molecule has 0 radical (unpaired) electrons. The Morgan fingerprint density at radius 1 is 0.250 bits per heavy atom. The van der Waals surface area contributed by atoms with E-state index in [-0.39, 0.29) is 6.10 Å². The maximum Gasteiger partial charge on any atom is 0.104 e. The summed E-state index contributed by atoms with van der Waals surface area (Å²) in [6, 6.07) is 0. The maximum atomic E-state index is 6.36. The number of unbranched alkanes of at least 4 members (excludes halogenated alkanes) is 36. The zero-order valence-electron chi connectivity index (χ0n) is 41.5. The first-order valence-electron chi connectivity index (χ1n) is 27.6. The molecule has 0 aromatic rings. The summed E-state index contributed by atoms with van der Waals surface area (Å²) in [5.41, 5.74) is 0. The van der Waals surface area contributed by atoms with Crippen LogP contribution < -0.4 is 0 Å². The van der Waals surface area contributed by atoms with E-state index in [0.29, 0.717) is 13.2 Å². The molecule has 0 N–H and O–H groups in total. The highest BCUT2D eigenvalue weighted by Crippen LogP contribution is 2.14. The molecule has 0 atom stereocenters. The minimum Gasteiger partial charge on any atom is -0.379 e. The van der Waals surface area contributed by atoms with Crippen molar-refractivity contribution in [3.8, 4) is 0 Å². The fourth-order valence-electron chi connectivity index (χ4n) is 8.08. The molecule has 0 aliphatic heterocycles. The number of hydrogen-bond acceptors (Lipinski definition) is 3. The molecule has 0 rings (SSSR count). The van der Waals surface area contributed by atoms with Gasteiger partial charge in [0, 0.05) is 19.8 Å². The van der Waals surface area contributed by atoms with Gasteiger partial charge in [0.25, 0.3) is 0 Å². The first kappa shape index (κ1) is 59.1. The number of rotatable bonds is 53. The highest BCUT2D eigenvalue weighted by Gasteiger charge is 2.10. The average molecular weight is 844 g/mol. The van der Waals surface area contributed by atoms with Crippen LogP contribution >= 0.6 is 0 Å². The molecule has 0 fully saturated rings. The Kier molecular flexibility index (Phi) is 55.3. The van der Waals surface area contributed by atoms with Gasteiger partial charge in [-0.05, 0) is 96.3 Å². The minimum absolute atomic E-state index is 0.0661. The van der Waals surface area contributed by atoms with Gasteiger partial charge in [-0.3, -0.25) is 0 Å². The van der Waals surface area contributed by atoms with E-state index in [4.69, 9.17) is 14.2 Å². The molecule has 0 saturated carbocycles. The van der Waals surface area contributed by atoms with Crippen LogP contribution in [0.5, 0.6) is 0 Å². The van der Waals surface area contributed by atoms with Crippen LogP contribution in [0, 0.1) is 0 Å². The fraction of sp³-hybridized carbons (Fsp3) is 0.895. The second-order valence-electron chi connectivity index (χ2n) is 18.5. The van der Waals surface area contributed by atoms with Crippen molar-refractivity contribution in [2.24, 2.45) is 0 Å². The van der Waals surface area contributed by atoms with Crippen molar-refractivity contribution in [1.29, 1.82) is 0 Å². The van der Waals surface area contributed by atoms with Crippen molar-refractivity contribution in [3.63, 3.8) is 0 Å². The van der Waals surface area contributed by atoms with Gasteiger partial charge < -0.3 is 14.2 Å². The van der Waals surface area contributed by atoms with Crippen molar-refractivity contribution in [2.75, 3.05) is 33.0 Å². The first-order valence-corrected chi connectivity index (χ1v) is 27.6. The minimum atomic E-state index is 0.0661. The zero-order valence-corrected chi connectivity index (χ0v) is 41.5. The number of allylic oxidation sites excluding steroid dienone is 6. The maximum absolute atomic E-state index is 6.36. The molecule has 356 valence electrons. The van der Waals surface area contributed by atoms with Gasteiger partial charge in [0.05, 0.1) is 13.2 Å². The van der Waals surface area contributed by atoms with Crippen LogP contribution in [-0.4, -0.2) is 39.1 Å². The molecule has 3 nitrogen and oxygen atoms in total. The highest BCUT2D eigenvalue weighted by molar-refractivity contribution is 4.82. The van der Waals surface area contributed by atoms with Crippen molar-refractivity contribution < 1.29 is 14.2 Å². The summed E-state index contributed by atoms with van der Waals surface area (Å²) in [4.78, 5) is 0. The van der Waals surface area contributed by atoms with Gasteiger partial charge in [0.1, 0.15) is 6.10 Å². The third-order valence-corrected chi connectivity index (χ3v) is 12.2. The Labute approximate surface area is 378 Å². The lowest BCUT2D eigenvalue weighted by Crippen LogP contribution is -2.26. The van der Waals surface area contributed by atoms with Gasteiger partial charge in [0.15, 0.2) is 0 Å². The highest BCUT2D eigenvalue weighted by atomic mass is 16.6. The molecular formula is C57H110O3. The Morgan fingerprint density at radius 2 is 0.467 bits per heavy atom. The molecule has 0 heterocycles. The van der Waals surface area contributed by atoms with Crippen LogP contribution in [0.1, 0.15) is 290 Å². The van der Waals surface area contributed by atoms with Gasteiger partial charge in [-0.25, -0.2) is 0 Å². The van der Waals surface area contributed by atoms with Crippen molar-refractivity contribution in [3.05, 3.63) is 36.5 Å². The predicted octanol–water partition coefficient (Wildman–Crippen LogP) is 19.5. The molecular weight excluding hydrogens is 733 g/mol. The summed E-state index contributed by atoms with van der Waals surface area (Å²) in [5, 5.41) is 0. The lowest BCUT2D eigenvalue weighted by atomic mass is 10.1. The summed E-state index contributed by atoms with van der Waals surface area (Å²) in [7, 11) is 0. The number of ether oxygens (including phenoxy) is 3. The predicted molar refractivity (Wildman–Crippen MR) is 270 cm³/mol. The van der Waals surface area contributed by atoms with Crippen LogP contribution in [-0.2, 0) is 14.2 Å². The number of hydrogen-bond donors (Lipinski definition) is 0. The molecule has 3 heteroatoms. The summed E-state index contributed by atoms with van der Waals surface area (Å²) < 4.78 is 18.7. The third kappa shape index (κ3) is 53.2. The summed E-state index contributed by atoms with van der Waals surface area (Å²) in [6.07, 6.45) is 70.9. The van der Waals surface area contributed by atoms with Crippen molar-refractivity contribution >= 4 is 0 Å². The Balaban J connectivity index is 4.05. The van der Waals surface area contributed by atoms with E-state index in [9.17, 15) is 0 Å². The van der Waals surface area contributed by atoms with E-state index in [0.717, 1.165) is 39.1 Å². The van der Waals surface area contributed by atoms with Crippen LogP contribution in [0.2, 0.25) is 0 Å². The second-order valence-corrected chi connectivity index (χ2v) is 18.5. The molecule has 0 aromatic carbocycles. The SMILES string of the molecule is CCCCCCCCC=CCCCCCCCCOCC(COCCCCCCCCC=CCCCCCCCC)OCCCCCCCCC=CCCCCCCCC. The molecule has 0 amide bonds. The monoisotopic (exact) mass is 843 g/mol. The van der Waals surface area contributed by atoms with Gasteiger partial charge in [0.2, 0.25) is 0 Å². The second kappa shape index (κ2) is 56.1. The van der Waals surface area contributed by atoms with Crippen LogP contribution in [0.25, 0.3) is 0 Å². The molecule has 60 heavy (non-hydrogen) atoms. The average Bonchev–Trinajstić information content (AvgIpc) is 3.26. The van der Waals surface area contributed by atoms with E-state index < -0.39 is 0 Å². The van der Waals surface area contributed by atoms with E-state index >= 15 is 0 Å². The van der Waals surface area contributed by atoms with Crippen molar-refractivity contribution in [1.82, 2.24) is 0 Å². The quantitative estimate of drug-likeness (QED) is 0.0451. The molecule has 0 aromatic heterocycles. The summed E-state index contributed by atoms with van der Waals surface area (Å²) in [5.74, 6) is 0. The van der Waals surface area contributed by atoms with E-state index in [1.165, 1.54) is 250 Å². The standard InChI is InChI=1S/C57H110O3/c1-4-7-10-13-16-19-22-25-28-31-34-37-40-43-46-49-52-58-55-57(60-54-51-48-45-42-39-36-33-30-27-24-21-18-15-12-9-6-3)56-59-53-50-47-44-41-38-35-32-29-26-23-20-17-14-11-8-5-2/h25-30,57H,4-24,31-56H2,1-3H3. The van der Waals surface area contributed by atoms with E-state index in [1.807, 2.05) is 0 Å². The summed E-state index contributed by atoms with van der Waals surface area (Å²) >= 11 is 0. The van der Waals surface area contributed by atoms with Crippen LogP contribution in [0.15, 0.2) is 36.5 Å². The van der Waals surface area contributed by atoms with Gasteiger partial charge in [-0.1, -0.05) is 231 Å². The Hall–Kier alpha value is -0.900. The largest absolute Gasteiger partial charge is 0.379 e. The Morgan fingerprint density at radius 3 is 0.733 bits per heavy atom. The van der Waals surface area contributed by atoms with Crippen LogP contribution in [0.3, 0.4) is 0 Å². The van der Waals surface area contributed by atoms with Gasteiger partial charge in [-0.2, -0.15) is 0 Å². The molecule has 0 unspecified atom stereocenters. The lowest BCUT2D eigenvalue weighted by molar-refractivity contribution is -0.0616. The first-order chi connectivity index (χ1) is 29.8. The summed E-state index contributed by atoms with van der Waals surface area (Å²) in [6.45, 7) is 10.8. The topological polar surface area (TPSA) is 27.7 Å². The van der Waals surface area contributed by atoms with Crippen molar-refractivity contribution in [2.45, 2.75) is 297 Å². The zero-order chi connectivity index (χ0) is 43.2. The lowest BCUT2D eigenvalue weighted by Gasteiger charge is -2.18. The Bertz CT molecular complexity index is 787. The normalized spacial score (nSPS) is 12.7. The third-order valence-electron chi connectivity index (χ3n) is 12.2. The fourth-order valence-corrected chi connectivity index (χ4v) is 8.08. The van der Waals surface area contributed by atoms with Crippen LogP contribution in [0.4, 0.5) is 0 Å². The van der Waals surface area contributed by atoms with Gasteiger partial charge >= 0.3 is 0 Å². The smallest absolute Gasteiger partial charge is 0.104 e. The molecule has 0 aliphatic carbocycles. The van der Waals surface area contributed by atoms with E-state index in [1.54, 1.807) is 0 Å². The molecule has 0 bridgehead atoms. The van der Waals surface area contributed by atoms with E-state index in [2.05, 4.69) is 57.2 Å². The van der Waals surface area contributed by atoms with Gasteiger partial charge in [-0.15, -0.1) is 0 Å².